The quantitative estimate of drug-likeness (QED) is 0.711. The summed E-state index contributed by atoms with van der Waals surface area (Å²) in [5.41, 5.74) is 1.31. The molecular weight excluding hydrogens is 326 g/mol. The van der Waals surface area contributed by atoms with E-state index in [2.05, 4.69) is 5.32 Å². The highest BCUT2D eigenvalue weighted by atomic mass is 16.5. The van der Waals surface area contributed by atoms with Gasteiger partial charge in [-0.25, -0.2) is 0 Å². The number of amides is 1. The van der Waals surface area contributed by atoms with Crippen LogP contribution in [0.3, 0.4) is 0 Å². The molecule has 134 valence electrons. The second-order valence-electron chi connectivity index (χ2n) is 5.11. The van der Waals surface area contributed by atoms with Crippen molar-refractivity contribution in [2.45, 2.75) is 6.10 Å². The first-order chi connectivity index (χ1) is 12.1. The van der Waals surface area contributed by atoms with Gasteiger partial charge in [-0.05, 0) is 29.8 Å². The van der Waals surface area contributed by atoms with Crippen LogP contribution in [-0.2, 0) is 4.79 Å². The molecule has 1 atom stereocenters. The van der Waals surface area contributed by atoms with E-state index in [1.165, 1.54) is 39.9 Å². The van der Waals surface area contributed by atoms with Crippen LogP contribution in [0.4, 0.5) is 0 Å². The fourth-order valence-electron chi connectivity index (χ4n) is 2.21. The molecule has 25 heavy (non-hydrogen) atoms. The predicted molar refractivity (Wildman–Crippen MR) is 91.8 cm³/mol. The Bertz CT molecular complexity index is 698. The SMILES string of the molecule is COc1cc(/C=C/C(=O)NCC(O)c2ccoc2)cc(OC)c1OC. The molecule has 0 saturated carbocycles. The fraction of sp³-hybridized carbons (Fsp3) is 0.278. The minimum absolute atomic E-state index is 0.0813. The van der Waals surface area contributed by atoms with Crippen molar-refractivity contribution in [2.24, 2.45) is 0 Å². The second kappa shape index (κ2) is 8.79. The lowest BCUT2D eigenvalue weighted by molar-refractivity contribution is -0.116. The van der Waals surface area contributed by atoms with Crippen molar-refractivity contribution >= 4 is 12.0 Å². The van der Waals surface area contributed by atoms with Gasteiger partial charge in [0.25, 0.3) is 0 Å². The molecule has 0 aliphatic rings. The van der Waals surface area contributed by atoms with Crippen molar-refractivity contribution in [3.05, 3.63) is 47.9 Å². The van der Waals surface area contributed by atoms with Gasteiger partial charge in [-0.15, -0.1) is 0 Å². The number of nitrogens with one attached hydrogen (secondary N) is 1. The minimum Gasteiger partial charge on any atom is -0.493 e. The van der Waals surface area contributed by atoms with E-state index < -0.39 is 6.10 Å². The molecule has 1 heterocycles. The molecule has 0 bridgehead atoms. The monoisotopic (exact) mass is 347 g/mol. The molecule has 7 heteroatoms. The molecule has 0 fully saturated rings. The van der Waals surface area contributed by atoms with Crippen molar-refractivity contribution in [3.63, 3.8) is 0 Å². The zero-order chi connectivity index (χ0) is 18.2. The summed E-state index contributed by atoms with van der Waals surface area (Å²) in [6.07, 6.45) is 5.05. The van der Waals surface area contributed by atoms with E-state index >= 15 is 0 Å². The molecule has 2 aromatic rings. The van der Waals surface area contributed by atoms with E-state index in [4.69, 9.17) is 18.6 Å². The Hall–Kier alpha value is -2.93. The lowest BCUT2D eigenvalue weighted by Crippen LogP contribution is -2.26. The molecule has 1 unspecified atom stereocenters. The van der Waals surface area contributed by atoms with Gasteiger partial charge in [-0.1, -0.05) is 0 Å². The Balaban J connectivity index is 2.01. The van der Waals surface area contributed by atoms with Gasteiger partial charge in [-0.2, -0.15) is 0 Å². The number of hydrogen-bond donors (Lipinski definition) is 2. The van der Waals surface area contributed by atoms with E-state index in [-0.39, 0.29) is 12.5 Å². The van der Waals surface area contributed by atoms with E-state index in [1.807, 2.05) is 0 Å². The van der Waals surface area contributed by atoms with Gasteiger partial charge in [0.15, 0.2) is 11.5 Å². The van der Waals surface area contributed by atoms with Gasteiger partial charge in [0, 0.05) is 18.2 Å². The van der Waals surface area contributed by atoms with Crippen LogP contribution in [0.2, 0.25) is 0 Å². The van der Waals surface area contributed by atoms with Crippen LogP contribution in [0.25, 0.3) is 6.08 Å². The van der Waals surface area contributed by atoms with Gasteiger partial charge in [0.2, 0.25) is 11.7 Å². The van der Waals surface area contributed by atoms with Crippen LogP contribution >= 0.6 is 0 Å². The Morgan fingerprint density at radius 1 is 1.24 bits per heavy atom. The second-order valence-corrected chi connectivity index (χ2v) is 5.11. The third-order valence-electron chi connectivity index (χ3n) is 3.51. The molecule has 1 aromatic carbocycles. The number of furan rings is 1. The first kappa shape index (κ1) is 18.4. The van der Waals surface area contributed by atoms with Crippen LogP contribution in [-0.4, -0.2) is 38.9 Å². The van der Waals surface area contributed by atoms with E-state index in [0.717, 1.165) is 0 Å². The summed E-state index contributed by atoms with van der Waals surface area (Å²) in [6, 6.07) is 5.10. The number of hydrogen-bond acceptors (Lipinski definition) is 6. The van der Waals surface area contributed by atoms with E-state index in [0.29, 0.717) is 28.4 Å². The highest BCUT2D eigenvalue weighted by molar-refractivity contribution is 5.91. The predicted octanol–water partition coefficient (Wildman–Crippen LogP) is 2.17. The number of carbonyl (C=O) groups is 1. The van der Waals surface area contributed by atoms with Crippen LogP contribution in [0, 0.1) is 0 Å². The number of methoxy groups -OCH3 is 3. The summed E-state index contributed by atoms with van der Waals surface area (Å²) in [5, 5.41) is 12.5. The normalized spacial score (nSPS) is 12.0. The number of benzene rings is 1. The van der Waals surface area contributed by atoms with Crippen molar-refractivity contribution in [2.75, 3.05) is 27.9 Å². The van der Waals surface area contributed by atoms with Crippen LogP contribution < -0.4 is 19.5 Å². The zero-order valence-corrected chi connectivity index (χ0v) is 14.3. The van der Waals surface area contributed by atoms with Crippen LogP contribution in [0.1, 0.15) is 17.2 Å². The molecule has 2 rings (SSSR count). The molecule has 0 saturated heterocycles. The Morgan fingerprint density at radius 2 is 1.92 bits per heavy atom. The third-order valence-corrected chi connectivity index (χ3v) is 3.51. The Labute approximate surface area is 145 Å². The van der Waals surface area contributed by atoms with Crippen LogP contribution in [0.5, 0.6) is 17.2 Å². The van der Waals surface area contributed by atoms with Gasteiger partial charge in [-0.3, -0.25) is 4.79 Å². The number of rotatable bonds is 8. The molecule has 1 amide bonds. The Morgan fingerprint density at radius 3 is 2.44 bits per heavy atom. The average molecular weight is 347 g/mol. The van der Waals surface area contributed by atoms with Crippen LogP contribution in [0.15, 0.2) is 41.2 Å². The number of carbonyl (C=O) groups excluding carboxylic acids is 1. The summed E-state index contributed by atoms with van der Waals surface area (Å²) < 4.78 is 20.7. The summed E-state index contributed by atoms with van der Waals surface area (Å²) >= 11 is 0. The number of aliphatic hydroxyl groups is 1. The topological polar surface area (TPSA) is 90.2 Å². The average Bonchev–Trinajstić information content (AvgIpc) is 3.18. The maximum Gasteiger partial charge on any atom is 0.244 e. The van der Waals surface area contributed by atoms with E-state index in [1.54, 1.807) is 24.3 Å². The molecule has 2 N–H and O–H groups in total. The summed E-state index contributed by atoms with van der Waals surface area (Å²) in [7, 11) is 4.57. The molecule has 1 aromatic heterocycles. The Kier molecular flexibility index (Phi) is 6.47. The van der Waals surface area contributed by atoms with Crippen molar-refractivity contribution in [3.8, 4) is 17.2 Å². The first-order valence-corrected chi connectivity index (χ1v) is 7.55. The number of ether oxygens (including phenoxy) is 3. The first-order valence-electron chi connectivity index (χ1n) is 7.55. The lowest BCUT2D eigenvalue weighted by atomic mass is 10.1. The molecule has 0 spiro atoms. The summed E-state index contributed by atoms with van der Waals surface area (Å²) in [5.74, 6) is 1.14. The molecule has 0 radical (unpaired) electrons. The standard InChI is InChI=1S/C18H21NO6/c1-22-15-8-12(9-16(23-2)18(15)24-3)4-5-17(21)19-10-14(20)13-6-7-25-11-13/h4-9,11,14,20H,10H2,1-3H3,(H,19,21)/b5-4+. The highest BCUT2D eigenvalue weighted by Gasteiger charge is 2.12. The molecule has 0 aliphatic carbocycles. The van der Waals surface area contributed by atoms with Gasteiger partial charge in [0.1, 0.15) is 0 Å². The zero-order valence-electron chi connectivity index (χ0n) is 14.3. The fourth-order valence-corrected chi connectivity index (χ4v) is 2.21. The van der Waals surface area contributed by atoms with Crippen molar-refractivity contribution in [1.29, 1.82) is 0 Å². The number of aliphatic hydroxyl groups excluding tert-OH is 1. The molecule has 7 nitrogen and oxygen atoms in total. The third kappa shape index (κ3) is 4.77. The lowest BCUT2D eigenvalue weighted by Gasteiger charge is -2.12. The van der Waals surface area contributed by atoms with Gasteiger partial charge < -0.3 is 29.1 Å². The van der Waals surface area contributed by atoms with E-state index in [9.17, 15) is 9.90 Å². The minimum atomic E-state index is -0.822. The molecule has 0 aliphatic heterocycles. The maximum atomic E-state index is 11.9. The highest BCUT2D eigenvalue weighted by Crippen LogP contribution is 2.38. The maximum absolute atomic E-state index is 11.9. The molecular formula is C18H21NO6. The van der Waals surface area contributed by atoms with Gasteiger partial charge >= 0.3 is 0 Å². The largest absolute Gasteiger partial charge is 0.493 e. The van der Waals surface area contributed by atoms with Gasteiger partial charge in [0.05, 0.1) is 40.0 Å². The summed E-state index contributed by atoms with van der Waals surface area (Å²) in [4.78, 5) is 11.9. The smallest absolute Gasteiger partial charge is 0.244 e. The summed E-state index contributed by atoms with van der Waals surface area (Å²) in [6.45, 7) is 0.0813. The van der Waals surface area contributed by atoms with Crippen molar-refractivity contribution in [1.82, 2.24) is 5.32 Å². The van der Waals surface area contributed by atoms with Crippen molar-refractivity contribution < 1.29 is 28.5 Å².